The summed E-state index contributed by atoms with van der Waals surface area (Å²) in [6, 6.07) is 4.75. The SMILES string of the molecule is Cc1c[c]c(C(C)(C)N)o1. The minimum Gasteiger partial charge on any atom is -0.464 e. The Bertz CT molecular complexity index is 219. The van der Waals surface area contributed by atoms with Crippen LogP contribution in [-0.2, 0) is 5.54 Å². The first-order valence-electron chi connectivity index (χ1n) is 3.27. The van der Waals surface area contributed by atoms with Gasteiger partial charge in [0, 0.05) is 6.07 Å². The summed E-state index contributed by atoms with van der Waals surface area (Å²) in [5.41, 5.74) is 5.34. The molecule has 0 fully saturated rings. The van der Waals surface area contributed by atoms with Gasteiger partial charge >= 0.3 is 0 Å². The van der Waals surface area contributed by atoms with Gasteiger partial charge in [0.1, 0.15) is 11.5 Å². The maximum absolute atomic E-state index is 5.75. The third-order valence-electron chi connectivity index (χ3n) is 1.25. The van der Waals surface area contributed by atoms with Crippen molar-refractivity contribution in [2.45, 2.75) is 26.3 Å². The molecule has 0 aliphatic heterocycles. The molecule has 1 heterocycles. The molecule has 1 radical (unpaired) electrons. The van der Waals surface area contributed by atoms with E-state index in [1.807, 2.05) is 20.8 Å². The van der Waals surface area contributed by atoms with Gasteiger partial charge in [-0.3, -0.25) is 0 Å². The quantitative estimate of drug-likeness (QED) is 0.640. The molecule has 0 saturated heterocycles. The molecule has 2 nitrogen and oxygen atoms in total. The van der Waals surface area contributed by atoms with Crippen LogP contribution in [0.3, 0.4) is 0 Å². The lowest BCUT2D eigenvalue weighted by Gasteiger charge is -2.13. The summed E-state index contributed by atoms with van der Waals surface area (Å²) in [6.07, 6.45) is 0. The molecule has 2 heteroatoms. The molecule has 0 bridgehead atoms. The van der Waals surface area contributed by atoms with Crippen molar-refractivity contribution in [3.05, 3.63) is 23.7 Å². The minimum atomic E-state index is -0.408. The molecule has 2 N–H and O–H groups in total. The summed E-state index contributed by atoms with van der Waals surface area (Å²) in [5, 5.41) is 0. The minimum absolute atomic E-state index is 0.408. The number of hydrogen-bond acceptors (Lipinski definition) is 2. The van der Waals surface area contributed by atoms with Crippen LogP contribution in [0.2, 0.25) is 0 Å². The molecule has 0 spiro atoms. The second-order valence-corrected chi connectivity index (χ2v) is 3.05. The third-order valence-corrected chi connectivity index (χ3v) is 1.25. The molecule has 0 unspecified atom stereocenters. The van der Waals surface area contributed by atoms with Crippen molar-refractivity contribution in [1.82, 2.24) is 0 Å². The van der Waals surface area contributed by atoms with Gasteiger partial charge in [-0.15, -0.1) is 0 Å². The monoisotopic (exact) mass is 138 g/mol. The molecule has 0 aliphatic carbocycles. The van der Waals surface area contributed by atoms with Crippen molar-refractivity contribution < 1.29 is 4.42 Å². The molecular formula is C8H12NO. The Morgan fingerprint density at radius 2 is 2.20 bits per heavy atom. The fourth-order valence-corrected chi connectivity index (χ4v) is 0.705. The van der Waals surface area contributed by atoms with Crippen LogP contribution >= 0.6 is 0 Å². The third kappa shape index (κ3) is 1.39. The van der Waals surface area contributed by atoms with Gasteiger partial charge in [-0.1, -0.05) is 0 Å². The number of furan rings is 1. The number of hydrogen-bond donors (Lipinski definition) is 1. The fraction of sp³-hybridized carbons (Fsp3) is 0.500. The summed E-state index contributed by atoms with van der Waals surface area (Å²) in [5.74, 6) is 1.57. The molecule has 1 aromatic heterocycles. The lowest BCUT2D eigenvalue weighted by molar-refractivity contribution is 0.381. The van der Waals surface area contributed by atoms with Crippen LogP contribution in [0, 0.1) is 13.0 Å². The van der Waals surface area contributed by atoms with E-state index in [2.05, 4.69) is 6.07 Å². The van der Waals surface area contributed by atoms with Crippen molar-refractivity contribution in [2.24, 2.45) is 5.73 Å². The molecule has 1 rings (SSSR count). The van der Waals surface area contributed by atoms with Gasteiger partial charge < -0.3 is 10.2 Å². The van der Waals surface area contributed by atoms with Gasteiger partial charge in [0.25, 0.3) is 0 Å². The van der Waals surface area contributed by atoms with Crippen LogP contribution in [-0.4, -0.2) is 0 Å². The van der Waals surface area contributed by atoms with Crippen LogP contribution in [0.4, 0.5) is 0 Å². The van der Waals surface area contributed by atoms with Crippen molar-refractivity contribution in [2.75, 3.05) is 0 Å². The Labute approximate surface area is 61.0 Å². The maximum Gasteiger partial charge on any atom is 0.131 e. The normalized spacial score (nSPS) is 12.0. The lowest BCUT2D eigenvalue weighted by Crippen LogP contribution is -2.27. The van der Waals surface area contributed by atoms with Gasteiger partial charge in [-0.25, -0.2) is 0 Å². The molecule has 0 aliphatic rings. The zero-order valence-corrected chi connectivity index (χ0v) is 6.56. The first-order chi connectivity index (χ1) is 4.50. The smallest absolute Gasteiger partial charge is 0.131 e. The van der Waals surface area contributed by atoms with Crippen LogP contribution in [0.1, 0.15) is 25.4 Å². The first-order valence-corrected chi connectivity index (χ1v) is 3.27. The largest absolute Gasteiger partial charge is 0.464 e. The summed E-state index contributed by atoms with van der Waals surface area (Å²) < 4.78 is 5.27. The predicted octanol–water partition coefficient (Wildman–Crippen LogP) is 1.58. The highest BCUT2D eigenvalue weighted by Crippen LogP contribution is 2.17. The van der Waals surface area contributed by atoms with E-state index >= 15 is 0 Å². The number of nitrogens with two attached hydrogens (primary N) is 1. The highest BCUT2D eigenvalue weighted by atomic mass is 16.3. The summed E-state index contributed by atoms with van der Waals surface area (Å²) >= 11 is 0. The van der Waals surface area contributed by atoms with Crippen molar-refractivity contribution in [3.63, 3.8) is 0 Å². The molecule has 55 valence electrons. The Morgan fingerprint density at radius 3 is 2.40 bits per heavy atom. The second-order valence-electron chi connectivity index (χ2n) is 3.05. The molecule has 0 atom stereocenters. The van der Waals surface area contributed by atoms with Crippen LogP contribution < -0.4 is 5.73 Å². The van der Waals surface area contributed by atoms with E-state index in [0.717, 1.165) is 5.76 Å². The highest BCUT2D eigenvalue weighted by molar-refractivity contribution is 5.10. The van der Waals surface area contributed by atoms with Crippen LogP contribution in [0.15, 0.2) is 10.5 Å². The zero-order valence-electron chi connectivity index (χ0n) is 6.56. The highest BCUT2D eigenvalue weighted by Gasteiger charge is 2.17. The molecule has 0 saturated carbocycles. The van der Waals surface area contributed by atoms with Gasteiger partial charge in [-0.2, -0.15) is 0 Å². The topological polar surface area (TPSA) is 39.2 Å². The van der Waals surface area contributed by atoms with Crippen LogP contribution in [0.5, 0.6) is 0 Å². The van der Waals surface area contributed by atoms with Crippen molar-refractivity contribution in [1.29, 1.82) is 0 Å². The number of rotatable bonds is 1. The van der Waals surface area contributed by atoms with E-state index in [0.29, 0.717) is 5.76 Å². The Hall–Kier alpha value is -0.760. The fourth-order valence-electron chi connectivity index (χ4n) is 0.705. The Morgan fingerprint density at radius 1 is 1.60 bits per heavy atom. The molecule has 0 amide bonds. The summed E-state index contributed by atoms with van der Waals surface area (Å²) in [7, 11) is 0. The maximum atomic E-state index is 5.75. The van der Waals surface area contributed by atoms with E-state index in [-0.39, 0.29) is 0 Å². The molecule has 0 aromatic carbocycles. The first kappa shape index (κ1) is 7.35. The van der Waals surface area contributed by atoms with Crippen LogP contribution in [0.25, 0.3) is 0 Å². The average Bonchev–Trinajstić information content (AvgIpc) is 2.11. The van der Waals surface area contributed by atoms with Gasteiger partial charge in [0.2, 0.25) is 0 Å². The van der Waals surface area contributed by atoms with E-state index in [9.17, 15) is 0 Å². The summed E-state index contributed by atoms with van der Waals surface area (Å²) in [6.45, 7) is 5.66. The van der Waals surface area contributed by atoms with E-state index in [1.165, 1.54) is 0 Å². The number of aryl methyl sites for hydroxylation is 1. The van der Waals surface area contributed by atoms with E-state index in [1.54, 1.807) is 6.07 Å². The van der Waals surface area contributed by atoms with Gasteiger partial charge in [0.05, 0.1) is 5.54 Å². The van der Waals surface area contributed by atoms with Gasteiger partial charge in [0.15, 0.2) is 0 Å². The van der Waals surface area contributed by atoms with Crippen molar-refractivity contribution >= 4 is 0 Å². The molecule has 10 heavy (non-hydrogen) atoms. The lowest BCUT2D eigenvalue weighted by atomic mass is 10.0. The van der Waals surface area contributed by atoms with Gasteiger partial charge in [-0.05, 0) is 26.8 Å². The van der Waals surface area contributed by atoms with E-state index in [4.69, 9.17) is 10.2 Å². The zero-order chi connectivity index (χ0) is 7.78. The molecule has 1 aromatic rings. The molecular weight excluding hydrogens is 126 g/mol. The Kier molecular flexibility index (Phi) is 1.57. The Balaban J connectivity index is 2.96. The predicted molar refractivity (Wildman–Crippen MR) is 39.5 cm³/mol. The van der Waals surface area contributed by atoms with Crippen molar-refractivity contribution in [3.8, 4) is 0 Å². The standard InChI is InChI=1S/C8H12NO/c1-6-4-5-7(10-6)8(2,3)9/h4H,9H2,1-3H3. The summed E-state index contributed by atoms with van der Waals surface area (Å²) in [4.78, 5) is 0. The second kappa shape index (κ2) is 2.13. The van der Waals surface area contributed by atoms with E-state index < -0.39 is 5.54 Å². The average molecular weight is 138 g/mol.